The molecule has 1 aromatic heterocycles. The summed E-state index contributed by atoms with van der Waals surface area (Å²) in [6.07, 6.45) is 1.70. The van der Waals surface area contributed by atoms with Gasteiger partial charge in [-0.2, -0.15) is 0 Å². The fourth-order valence-electron chi connectivity index (χ4n) is 3.36. The van der Waals surface area contributed by atoms with Gasteiger partial charge < -0.3 is 9.73 Å². The Morgan fingerprint density at radius 1 is 1.20 bits per heavy atom. The highest BCUT2D eigenvalue weighted by Gasteiger charge is 2.22. The van der Waals surface area contributed by atoms with Gasteiger partial charge in [0.15, 0.2) is 0 Å². The number of nitrogens with zero attached hydrogens (tertiary/aromatic N) is 1. The quantitative estimate of drug-likeness (QED) is 0.578. The molecule has 1 amide bonds. The van der Waals surface area contributed by atoms with Crippen molar-refractivity contribution in [3.63, 3.8) is 0 Å². The van der Waals surface area contributed by atoms with Gasteiger partial charge in [-0.25, -0.2) is 12.7 Å². The fraction of sp³-hybridized carbons (Fsp3) is 0.318. The summed E-state index contributed by atoms with van der Waals surface area (Å²) in [5, 5.41) is 3.76. The SMILES string of the molecule is Cc1cc2occ(CC(=O)Nc3ccc(Cl)c(S(=O)(=O)N(C)C)c3)c2cc1C(C)C. The molecule has 0 aliphatic rings. The topological polar surface area (TPSA) is 79.6 Å². The first-order chi connectivity index (χ1) is 14.0. The molecular weight excluding hydrogens is 424 g/mol. The number of aryl methyl sites for hydroxylation is 1. The summed E-state index contributed by atoms with van der Waals surface area (Å²) in [7, 11) is -0.877. The maximum absolute atomic E-state index is 12.6. The number of carbonyl (C=O) groups excluding carboxylic acids is 1. The molecule has 1 heterocycles. The molecular formula is C22H25ClN2O4S. The van der Waals surface area contributed by atoms with Gasteiger partial charge in [-0.15, -0.1) is 0 Å². The van der Waals surface area contributed by atoms with E-state index in [1.165, 1.54) is 31.8 Å². The predicted octanol–water partition coefficient (Wildman–Crippen LogP) is 4.95. The lowest BCUT2D eigenvalue weighted by Crippen LogP contribution is -2.23. The van der Waals surface area contributed by atoms with Crippen molar-refractivity contribution < 1.29 is 17.6 Å². The van der Waals surface area contributed by atoms with Crippen LogP contribution in [0, 0.1) is 6.92 Å². The second-order valence-electron chi connectivity index (χ2n) is 7.78. The average Bonchev–Trinajstić information content (AvgIpc) is 3.03. The minimum Gasteiger partial charge on any atom is -0.464 e. The van der Waals surface area contributed by atoms with Crippen LogP contribution in [0.4, 0.5) is 5.69 Å². The third-order valence-electron chi connectivity index (χ3n) is 4.99. The molecule has 0 saturated carbocycles. The van der Waals surface area contributed by atoms with Gasteiger partial charge >= 0.3 is 0 Å². The summed E-state index contributed by atoms with van der Waals surface area (Å²) in [6.45, 7) is 6.30. The van der Waals surface area contributed by atoms with Crippen molar-refractivity contribution in [2.45, 2.75) is 38.0 Å². The zero-order valence-electron chi connectivity index (χ0n) is 17.6. The second kappa shape index (κ2) is 8.41. The number of amides is 1. The van der Waals surface area contributed by atoms with E-state index in [-0.39, 0.29) is 22.2 Å². The van der Waals surface area contributed by atoms with Crippen molar-refractivity contribution in [3.8, 4) is 0 Å². The zero-order chi connectivity index (χ0) is 22.2. The number of sulfonamides is 1. The summed E-state index contributed by atoms with van der Waals surface area (Å²) in [4.78, 5) is 12.6. The fourth-order valence-corrected chi connectivity index (χ4v) is 4.75. The number of anilines is 1. The van der Waals surface area contributed by atoms with Crippen LogP contribution in [0.1, 0.15) is 36.5 Å². The zero-order valence-corrected chi connectivity index (χ0v) is 19.2. The van der Waals surface area contributed by atoms with E-state index >= 15 is 0 Å². The van der Waals surface area contributed by atoms with Gasteiger partial charge in [0.05, 0.1) is 17.7 Å². The van der Waals surface area contributed by atoms with E-state index in [2.05, 4.69) is 25.2 Å². The van der Waals surface area contributed by atoms with E-state index in [1.807, 2.05) is 13.0 Å². The highest BCUT2D eigenvalue weighted by molar-refractivity contribution is 7.89. The Bertz CT molecular complexity index is 1210. The molecule has 3 rings (SSSR count). The molecule has 30 heavy (non-hydrogen) atoms. The lowest BCUT2D eigenvalue weighted by Gasteiger charge is -2.14. The van der Waals surface area contributed by atoms with E-state index in [1.54, 1.807) is 12.3 Å². The number of fused-ring (bicyclic) bond motifs is 1. The van der Waals surface area contributed by atoms with E-state index in [0.717, 1.165) is 26.4 Å². The molecule has 0 fully saturated rings. The van der Waals surface area contributed by atoms with E-state index < -0.39 is 10.0 Å². The molecule has 0 unspecified atom stereocenters. The Morgan fingerprint density at radius 2 is 1.90 bits per heavy atom. The first-order valence-corrected chi connectivity index (χ1v) is 11.3. The molecule has 0 saturated heterocycles. The predicted molar refractivity (Wildman–Crippen MR) is 120 cm³/mol. The summed E-state index contributed by atoms with van der Waals surface area (Å²) >= 11 is 6.06. The van der Waals surface area contributed by atoms with E-state index in [4.69, 9.17) is 16.0 Å². The van der Waals surface area contributed by atoms with Crippen molar-refractivity contribution in [3.05, 3.63) is 58.3 Å². The Morgan fingerprint density at radius 3 is 2.53 bits per heavy atom. The van der Waals surface area contributed by atoms with Crippen LogP contribution in [-0.2, 0) is 21.2 Å². The van der Waals surface area contributed by atoms with Gasteiger partial charge in [0.1, 0.15) is 10.5 Å². The highest BCUT2D eigenvalue weighted by Crippen LogP contribution is 2.30. The van der Waals surface area contributed by atoms with Gasteiger partial charge in [-0.3, -0.25) is 4.79 Å². The first kappa shape index (κ1) is 22.3. The Labute approximate surface area is 181 Å². The number of furan rings is 1. The summed E-state index contributed by atoms with van der Waals surface area (Å²) in [5.41, 5.74) is 4.24. The van der Waals surface area contributed by atoms with Gasteiger partial charge in [0.25, 0.3) is 0 Å². The van der Waals surface area contributed by atoms with Crippen molar-refractivity contribution in [2.24, 2.45) is 0 Å². The van der Waals surface area contributed by atoms with Crippen LogP contribution in [0.5, 0.6) is 0 Å². The summed E-state index contributed by atoms with van der Waals surface area (Å²) in [6, 6.07) is 8.46. The molecule has 0 aliphatic heterocycles. The van der Waals surface area contributed by atoms with Crippen LogP contribution in [0.3, 0.4) is 0 Å². The first-order valence-electron chi connectivity index (χ1n) is 9.53. The van der Waals surface area contributed by atoms with E-state index in [0.29, 0.717) is 11.6 Å². The monoisotopic (exact) mass is 448 g/mol. The molecule has 0 radical (unpaired) electrons. The number of benzene rings is 2. The molecule has 0 atom stereocenters. The average molecular weight is 449 g/mol. The molecule has 0 bridgehead atoms. The van der Waals surface area contributed by atoms with Gasteiger partial charge in [0.2, 0.25) is 15.9 Å². The maximum Gasteiger partial charge on any atom is 0.244 e. The Hall–Kier alpha value is -2.35. The minimum absolute atomic E-state index is 0.0576. The van der Waals surface area contributed by atoms with E-state index in [9.17, 15) is 13.2 Å². The molecule has 0 aliphatic carbocycles. The second-order valence-corrected chi connectivity index (χ2v) is 10.3. The molecule has 1 N–H and O–H groups in total. The van der Waals surface area contributed by atoms with Crippen molar-refractivity contribution in [1.82, 2.24) is 4.31 Å². The molecule has 160 valence electrons. The van der Waals surface area contributed by atoms with Gasteiger partial charge in [-0.1, -0.05) is 25.4 Å². The van der Waals surface area contributed by atoms with Crippen molar-refractivity contribution in [2.75, 3.05) is 19.4 Å². The lowest BCUT2D eigenvalue weighted by atomic mass is 9.95. The van der Waals surface area contributed by atoms with Crippen molar-refractivity contribution in [1.29, 1.82) is 0 Å². The standard InChI is InChI=1S/C22H25ClN2O4S/c1-13(2)17-11-18-15(12-29-20(18)8-14(17)3)9-22(26)24-16-6-7-19(23)21(10-16)30(27,28)25(4)5/h6-8,10-13H,9H2,1-5H3,(H,24,26). The third kappa shape index (κ3) is 4.38. The number of nitrogens with one attached hydrogen (secondary N) is 1. The van der Waals surface area contributed by atoms with Crippen LogP contribution >= 0.6 is 11.6 Å². The molecule has 0 spiro atoms. The summed E-state index contributed by atoms with van der Waals surface area (Å²) in [5.74, 6) is 0.0806. The van der Waals surface area contributed by atoms with Crippen LogP contribution in [0.15, 0.2) is 45.9 Å². The molecule has 3 aromatic rings. The molecule has 6 nitrogen and oxygen atoms in total. The van der Waals surface area contributed by atoms with Gasteiger partial charge in [0, 0.05) is 30.7 Å². The lowest BCUT2D eigenvalue weighted by molar-refractivity contribution is -0.115. The van der Waals surface area contributed by atoms with Gasteiger partial charge in [-0.05, 0) is 54.3 Å². The van der Waals surface area contributed by atoms with Crippen LogP contribution in [0.2, 0.25) is 5.02 Å². The molecule has 8 heteroatoms. The normalized spacial score (nSPS) is 12.1. The summed E-state index contributed by atoms with van der Waals surface area (Å²) < 4.78 is 31.6. The largest absolute Gasteiger partial charge is 0.464 e. The number of carbonyl (C=O) groups is 1. The number of hydrogen-bond donors (Lipinski definition) is 1. The Kier molecular flexibility index (Phi) is 6.26. The van der Waals surface area contributed by atoms with Crippen LogP contribution in [-0.4, -0.2) is 32.7 Å². The Balaban J connectivity index is 1.86. The number of halogens is 1. The number of hydrogen-bond acceptors (Lipinski definition) is 4. The maximum atomic E-state index is 12.6. The highest BCUT2D eigenvalue weighted by atomic mass is 35.5. The minimum atomic E-state index is -3.73. The molecule has 2 aromatic carbocycles. The smallest absolute Gasteiger partial charge is 0.244 e. The van der Waals surface area contributed by atoms with Crippen LogP contribution < -0.4 is 5.32 Å². The van der Waals surface area contributed by atoms with Crippen LogP contribution in [0.25, 0.3) is 11.0 Å². The van der Waals surface area contributed by atoms with Crippen molar-refractivity contribution >= 4 is 44.2 Å². The third-order valence-corrected chi connectivity index (χ3v) is 7.29. The number of rotatable bonds is 6.